The lowest BCUT2D eigenvalue weighted by Crippen LogP contribution is -2.42. The molecule has 0 fully saturated rings. The van der Waals surface area contributed by atoms with Gasteiger partial charge in [0.1, 0.15) is 5.75 Å². The summed E-state index contributed by atoms with van der Waals surface area (Å²) in [5, 5.41) is 11.5. The maximum atomic E-state index is 11.6. The Labute approximate surface area is 109 Å². The Morgan fingerprint density at radius 1 is 1.41 bits per heavy atom. The first-order chi connectivity index (χ1) is 8.02. The number of halogens is 1. The molecule has 0 radical (unpaired) electrons. The molecule has 1 aromatic rings. The van der Waals surface area contributed by atoms with E-state index in [4.69, 9.17) is 9.84 Å². The lowest BCUT2D eigenvalue weighted by atomic mass is 10.3. The molecule has 0 bridgehead atoms. The zero-order valence-corrected chi connectivity index (χ0v) is 11.4. The van der Waals surface area contributed by atoms with Gasteiger partial charge in [0.05, 0.1) is 6.61 Å². The van der Waals surface area contributed by atoms with Gasteiger partial charge < -0.3 is 15.2 Å². The lowest BCUT2D eigenvalue weighted by molar-refractivity contribution is -0.128. The van der Waals surface area contributed by atoms with E-state index >= 15 is 0 Å². The minimum Gasteiger partial charge on any atom is -0.481 e. The maximum absolute atomic E-state index is 11.6. The number of benzene rings is 1. The molecule has 0 aliphatic rings. The van der Waals surface area contributed by atoms with Crippen molar-refractivity contribution >= 4 is 21.8 Å². The van der Waals surface area contributed by atoms with Crippen molar-refractivity contribution in [1.29, 1.82) is 0 Å². The molecule has 1 amide bonds. The average Bonchev–Trinajstić information content (AvgIpc) is 2.31. The third kappa shape index (κ3) is 4.75. The molecule has 17 heavy (non-hydrogen) atoms. The van der Waals surface area contributed by atoms with Crippen LogP contribution in [0.15, 0.2) is 28.7 Å². The van der Waals surface area contributed by atoms with E-state index in [9.17, 15) is 4.79 Å². The molecule has 0 spiro atoms. The van der Waals surface area contributed by atoms with Crippen LogP contribution in [0, 0.1) is 0 Å². The summed E-state index contributed by atoms with van der Waals surface area (Å²) in [7, 11) is 0. The van der Waals surface area contributed by atoms with Gasteiger partial charge in [0.2, 0.25) is 0 Å². The summed E-state index contributed by atoms with van der Waals surface area (Å²) in [5.41, 5.74) is 0. The van der Waals surface area contributed by atoms with Crippen molar-refractivity contribution in [3.63, 3.8) is 0 Å². The smallest absolute Gasteiger partial charge is 0.261 e. The van der Waals surface area contributed by atoms with Crippen LogP contribution < -0.4 is 10.1 Å². The fourth-order valence-electron chi connectivity index (χ4n) is 1.18. The molecule has 0 aliphatic heterocycles. The van der Waals surface area contributed by atoms with Gasteiger partial charge in [0.15, 0.2) is 6.10 Å². The van der Waals surface area contributed by atoms with Gasteiger partial charge in [-0.05, 0) is 38.1 Å². The summed E-state index contributed by atoms with van der Waals surface area (Å²) in [5.74, 6) is 0.391. The van der Waals surface area contributed by atoms with E-state index in [0.29, 0.717) is 5.75 Å². The van der Waals surface area contributed by atoms with Crippen LogP contribution in [-0.4, -0.2) is 29.8 Å². The second-order valence-electron chi connectivity index (χ2n) is 3.81. The number of hydrogen-bond donors (Lipinski definition) is 2. The summed E-state index contributed by atoms with van der Waals surface area (Å²) < 4.78 is 6.42. The molecular weight excluding hydrogens is 286 g/mol. The number of carbonyl (C=O) groups excluding carboxylic acids is 1. The van der Waals surface area contributed by atoms with Crippen molar-refractivity contribution in [1.82, 2.24) is 5.32 Å². The largest absolute Gasteiger partial charge is 0.481 e. The van der Waals surface area contributed by atoms with E-state index in [1.54, 1.807) is 26.0 Å². The second kappa shape index (κ2) is 6.61. The highest BCUT2D eigenvalue weighted by molar-refractivity contribution is 9.10. The van der Waals surface area contributed by atoms with Gasteiger partial charge >= 0.3 is 0 Å². The second-order valence-corrected chi connectivity index (χ2v) is 4.72. The number of rotatable bonds is 5. The molecule has 1 aromatic carbocycles. The van der Waals surface area contributed by atoms with Crippen molar-refractivity contribution < 1.29 is 14.6 Å². The topological polar surface area (TPSA) is 58.6 Å². The fraction of sp³-hybridized carbons (Fsp3) is 0.417. The molecule has 0 saturated carbocycles. The van der Waals surface area contributed by atoms with Gasteiger partial charge in [0, 0.05) is 10.5 Å². The molecule has 2 atom stereocenters. The highest BCUT2D eigenvalue weighted by atomic mass is 79.9. The zero-order chi connectivity index (χ0) is 12.8. The Balaban J connectivity index is 2.51. The van der Waals surface area contributed by atoms with Crippen molar-refractivity contribution in [2.75, 3.05) is 6.61 Å². The van der Waals surface area contributed by atoms with E-state index < -0.39 is 6.10 Å². The van der Waals surface area contributed by atoms with Crippen LogP contribution in [0.3, 0.4) is 0 Å². The molecular formula is C12H16BrNO3. The predicted molar refractivity (Wildman–Crippen MR) is 68.9 cm³/mol. The first kappa shape index (κ1) is 14.0. The van der Waals surface area contributed by atoms with E-state index in [2.05, 4.69) is 21.2 Å². The van der Waals surface area contributed by atoms with E-state index in [1.165, 1.54) is 0 Å². The number of hydrogen-bond acceptors (Lipinski definition) is 3. The Bertz CT molecular complexity index is 367. The molecule has 1 unspecified atom stereocenters. The average molecular weight is 302 g/mol. The van der Waals surface area contributed by atoms with Gasteiger partial charge in [-0.2, -0.15) is 0 Å². The quantitative estimate of drug-likeness (QED) is 0.870. The van der Waals surface area contributed by atoms with E-state index in [-0.39, 0.29) is 18.6 Å². The monoisotopic (exact) mass is 301 g/mol. The normalized spacial score (nSPS) is 13.9. The minimum atomic E-state index is -0.592. The Hall–Kier alpha value is -1.07. The Morgan fingerprint density at radius 2 is 2.00 bits per heavy atom. The molecule has 4 nitrogen and oxygen atoms in total. The van der Waals surface area contributed by atoms with Gasteiger partial charge in [0.25, 0.3) is 5.91 Å². The van der Waals surface area contributed by atoms with Gasteiger partial charge in [-0.1, -0.05) is 15.9 Å². The van der Waals surface area contributed by atoms with Crippen LogP contribution in [0.1, 0.15) is 13.8 Å². The molecule has 5 heteroatoms. The molecule has 1 rings (SSSR count). The number of amides is 1. The minimum absolute atomic E-state index is 0.0866. The van der Waals surface area contributed by atoms with Gasteiger partial charge in [-0.3, -0.25) is 4.79 Å². The number of aliphatic hydroxyl groups is 1. The summed E-state index contributed by atoms with van der Waals surface area (Å²) in [6.45, 7) is 3.31. The molecule has 0 aromatic heterocycles. The number of aliphatic hydroxyl groups excluding tert-OH is 1. The van der Waals surface area contributed by atoms with Crippen LogP contribution >= 0.6 is 15.9 Å². The van der Waals surface area contributed by atoms with Crippen LogP contribution in [0.2, 0.25) is 0 Å². The zero-order valence-electron chi connectivity index (χ0n) is 9.81. The number of nitrogens with one attached hydrogen (secondary N) is 1. The molecule has 2 N–H and O–H groups in total. The summed E-state index contributed by atoms with van der Waals surface area (Å²) in [4.78, 5) is 11.6. The molecule has 0 saturated heterocycles. The first-order valence-electron chi connectivity index (χ1n) is 5.36. The molecule has 0 aliphatic carbocycles. The highest BCUT2D eigenvalue weighted by Gasteiger charge is 2.16. The van der Waals surface area contributed by atoms with Crippen molar-refractivity contribution in [2.45, 2.75) is 26.0 Å². The predicted octanol–water partition coefficient (Wildman–Crippen LogP) is 1.71. The SMILES string of the molecule is CC(Oc1ccc(Br)cc1)C(=O)N[C@@H](C)CO. The number of ether oxygens (including phenoxy) is 1. The summed E-state index contributed by atoms with van der Waals surface area (Å²) in [6, 6.07) is 6.98. The fourth-order valence-corrected chi connectivity index (χ4v) is 1.44. The van der Waals surface area contributed by atoms with Crippen LogP contribution in [0.5, 0.6) is 5.75 Å². The third-order valence-corrected chi connectivity index (χ3v) is 2.69. The summed E-state index contributed by atoms with van der Waals surface area (Å²) >= 11 is 3.32. The van der Waals surface area contributed by atoms with Gasteiger partial charge in [-0.25, -0.2) is 0 Å². The van der Waals surface area contributed by atoms with Crippen LogP contribution in [0.4, 0.5) is 0 Å². The standard InChI is InChI=1S/C12H16BrNO3/c1-8(7-15)14-12(16)9(2)17-11-5-3-10(13)4-6-11/h3-6,8-9,15H,7H2,1-2H3,(H,14,16)/t8-,9?/m0/s1. The first-order valence-corrected chi connectivity index (χ1v) is 6.15. The Kier molecular flexibility index (Phi) is 5.44. The van der Waals surface area contributed by atoms with Crippen molar-refractivity contribution in [3.8, 4) is 5.75 Å². The molecule has 94 valence electrons. The van der Waals surface area contributed by atoms with E-state index in [0.717, 1.165) is 4.47 Å². The molecule has 0 heterocycles. The summed E-state index contributed by atoms with van der Waals surface area (Å²) in [6.07, 6.45) is -0.592. The lowest BCUT2D eigenvalue weighted by Gasteiger charge is -2.17. The number of carbonyl (C=O) groups is 1. The third-order valence-electron chi connectivity index (χ3n) is 2.16. The van der Waals surface area contributed by atoms with Crippen LogP contribution in [0.25, 0.3) is 0 Å². The van der Waals surface area contributed by atoms with Crippen molar-refractivity contribution in [3.05, 3.63) is 28.7 Å². The van der Waals surface area contributed by atoms with Gasteiger partial charge in [-0.15, -0.1) is 0 Å². The van der Waals surface area contributed by atoms with Crippen molar-refractivity contribution in [2.24, 2.45) is 0 Å². The van der Waals surface area contributed by atoms with E-state index in [1.807, 2.05) is 12.1 Å². The maximum Gasteiger partial charge on any atom is 0.261 e. The van der Waals surface area contributed by atoms with Crippen LogP contribution in [-0.2, 0) is 4.79 Å². The Morgan fingerprint density at radius 3 is 2.53 bits per heavy atom. The highest BCUT2D eigenvalue weighted by Crippen LogP contribution is 2.17.